The van der Waals surface area contributed by atoms with Gasteiger partial charge in [0.2, 0.25) is 5.91 Å². The zero-order chi connectivity index (χ0) is 11.3. The first-order valence-corrected chi connectivity index (χ1v) is 5.05. The van der Waals surface area contributed by atoms with Crippen molar-refractivity contribution in [2.45, 2.75) is 25.9 Å². The molecule has 1 aliphatic rings. The zero-order valence-corrected chi connectivity index (χ0v) is 8.85. The summed E-state index contributed by atoms with van der Waals surface area (Å²) in [4.78, 5) is 13.3. The molecule has 1 saturated heterocycles. The van der Waals surface area contributed by atoms with Crippen LogP contribution in [0.4, 0.5) is 0 Å². The molecule has 0 aromatic carbocycles. The average Bonchev–Trinajstić information content (AvgIpc) is 2.28. The van der Waals surface area contributed by atoms with Crippen LogP contribution in [0.2, 0.25) is 0 Å². The lowest BCUT2D eigenvalue weighted by molar-refractivity contribution is -0.136. The Balaban J connectivity index is 2.52. The summed E-state index contributed by atoms with van der Waals surface area (Å²) >= 11 is 0. The highest BCUT2D eigenvalue weighted by atomic mass is 16.5. The van der Waals surface area contributed by atoms with Gasteiger partial charge in [-0.15, -0.1) is 0 Å². The van der Waals surface area contributed by atoms with E-state index >= 15 is 0 Å². The number of rotatable bonds is 3. The Morgan fingerprint density at radius 1 is 1.73 bits per heavy atom. The molecular formula is C9H17N3O3. The van der Waals surface area contributed by atoms with Crippen molar-refractivity contribution < 1.29 is 14.7 Å². The minimum Gasteiger partial charge on any atom is -0.409 e. The fourth-order valence-electron chi connectivity index (χ4n) is 1.49. The van der Waals surface area contributed by atoms with Crippen LogP contribution in [0.1, 0.15) is 19.8 Å². The van der Waals surface area contributed by atoms with Crippen LogP contribution >= 0.6 is 0 Å². The number of carbonyl (C=O) groups excluding carboxylic acids is 1. The zero-order valence-electron chi connectivity index (χ0n) is 8.85. The van der Waals surface area contributed by atoms with Crippen LogP contribution in [0.25, 0.3) is 0 Å². The van der Waals surface area contributed by atoms with Crippen LogP contribution in [-0.2, 0) is 9.53 Å². The molecule has 0 spiro atoms. The maximum absolute atomic E-state index is 11.6. The molecule has 0 saturated carbocycles. The number of morpholine rings is 1. The molecule has 1 heterocycles. The summed E-state index contributed by atoms with van der Waals surface area (Å²) < 4.78 is 5.28. The van der Waals surface area contributed by atoms with E-state index in [1.165, 1.54) is 0 Å². The molecule has 1 rings (SSSR count). The number of amides is 1. The van der Waals surface area contributed by atoms with Gasteiger partial charge in [0.15, 0.2) is 5.84 Å². The summed E-state index contributed by atoms with van der Waals surface area (Å²) in [7, 11) is 0. The molecule has 0 radical (unpaired) electrons. The Kier molecular flexibility index (Phi) is 4.36. The highest BCUT2D eigenvalue weighted by Gasteiger charge is 2.26. The molecule has 6 nitrogen and oxygen atoms in total. The van der Waals surface area contributed by atoms with Gasteiger partial charge in [-0.1, -0.05) is 12.1 Å². The van der Waals surface area contributed by atoms with Crippen LogP contribution in [0, 0.1) is 0 Å². The van der Waals surface area contributed by atoms with E-state index in [1.54, 1.807) is 4.90 Å². The molecule has 0 aromatic rings. The lowest BCUT2D eigenvalue weighted by Crippen LogP contribution is -2.50. The van der Waals surface area contributed by atoms with Crippen LogP contribution in [0.3, 0.4) is 0 Å². The second-order valence-corrected chi connectivity index (χ2v) is 3.47. The van der Waals surface area contributed by atoms with E-state index in [4.69, 9.17) is 15.7 Å². The molecule has 86 valence electrons. The number of hydrogen-bond acceptors (Lipinski definition) is 4. The van der Waals surface area contributed by atoms with E-state index in [9.17, 15) is 4.79 Å². The van der Waals surface area contributed by atoms with Gasteiger partial charge in [0, 0.05) is 13.0 Å². The van der Waals surface area contributed by atoms with Gasteiger partial charge < -0.3 is 20.6 Å². The number of hydrogen-bond donors (Lipinski definition) is 2. The molecule has 1 aliphatic heterocycles. The fourth-order valence-corrected chi connectivity index (χ4v) is 1.49. The van der Waals surface area contributed by atoms with Crippen molar-refractivity contribution in [2.75, 3.05) is 19.7 Å². The van der Waals surface area contributed by atoms with Crippen molar-refractivity contribution in [1.29, 1.82) is 0 Å². The molecule has 0 aliphatic carbocycles. The van der Waals surface area contributed by atoms with Gasteiger partial charge in [-0.05, 0) is 6.42 Å². The number of nitrogens with zero attached hydrogens (tertiary/aromatic N) is 2. The second kappa shape index (κ2) is 5.55. The summed E-state index contributed by atoms with van der Waals surface area (Å²) in [5, 5.41) is 11.4. The maximum atomic E-state index is 11.6. The van der Waals surface area contributed by atoms with Crippen molar-refractivity contribution in [1.82, 2.24) is 4.90 Å². The minimum absolute atomic E-state index is 0.0176. The van der Waals surface area contributed by atoms with Crippen molar-refractivity contribution in [3.8, 4) is 0 Å². The molecule has 0 aromatic heterocycles. The Bertz CT molecular complexity index is 255. The minimum atomic E-state index is -0.482. The monoisotopic (exact) mass is 215 g/mol. The fraction of sp³-hybridized carbons (Fsp3) is 0.778. The third-order valence-electron chi connectivity index (χ3n) is 2.33. The van der Waals surface area contributed by atoms with Crippen molar-refractivity contribution >= 4 is 11.7 Å². The summed E-state index contributed by atoms with van der Waals surface area (Å²) in [6, 6.07) is 0. The van der Waals surface area contributed by atoms with E-state index in [0.29, 0.717) is 26.1 Å². The van der Waals surface area contributed by atoms with Crippen molar-refractivity contribution in [2.24, 2.45) is 10.9 Å². The molecule has 1 amide bonds. The predicted molar refractivity (Wildman–Crippen MR) is 54.6 cm³/mol. The highest BCUT2D eigenvalue weighted by Crippen LogP contribution is 2.07. The van der Waals surface area contributed by atoms with E-state index in [2.05, 4.69) is 5.16 Å². The van der Waals surface area contributed by atoms with E-state index in [0.717, 1.165) is 6.42 Å². The topological polar surface area (TPSA) is 88.2 Å². The third kappa shape index (κ3) is 3.09. The van der Waals surface area contributed by atoms with Crippen LogP contribution in [-0.4, -0.2) is 47.7 Å². The number of carbonyl (C=O) groups is 1. The van der Waals surface area contributed by atoms with Crippen LogP contribution in [0.15, 0.2) is 5.16 Å². The Morgan fingerprint density at radius 3 is 3.07 bits per heavy atom. The number of amidine groups is 1. The van der Waals surface area contributed by atoms with Gasteiger partial charge in [0.25, 0.3) is 0 Å². The molecular weight excluding hydrogens is 198 g/mol. The van der Waals surface area contributed by atoms with Gasteiger partial charge in [-0.3, -0.25) is 4.79 Å². The SMILES string of the molecule is CCCC(=O)N1CCOC(C(N)=NO)C1. The number of ether oxygens (including phenoxy) is 1. The van der Waals surface area contributed by atoms with Gasteiger partial charge >= 0.3 is 0 Å². The highest BCUT2D eigenvalue weighted by molar-refractivity contribution is 5.85. The van der Waals surface area contributed by atoms with E-state index in [1.807, 2.05) is 6.92 Å². The lowest BCUT2D eigenvalue weighted by Gasteiger charge is -2.32. The smallest absolute Gasteiger partial charge is 0.222 e. The van der Waals surface area contributed by atoms with Crippen molar-refractivity contribution in [3.05, 3.63) is 0 Å². The molecule has 0 bridgehead atoms. The Hall–Kier alpha value is -1.30. The first kappa shape index (κ1) is 11.8. The average molecular weight is 215 g/mol. The summed E-state index contributed by atoms with van der Waals surface area (Å²) in [5.41, 5.74) is 5.42. The van der Waals surface area contributed by atoms with Crippen LogP contribution in [0.5, 0.6) is 0 Å². The molecule has 6 heteroatoms. The maximum Gasteiger partial charge on any atom is 0.222 e. The third-order valence-corrected chi connectivity index (χ3v) is 2.33. The quantitative estimate of drug-likeness (QED) is 0.294. The summed E-state index contributed by atoms with van der Waals surface area (Å²) in [5.74, 6) is 0.112. The molecule has 1 fully saturated rings. The molecule has 1 unspecified atom stereocenters. The van der Waals surface area contributed by atoms with Crippen molar-refractivity contribution in [3.63, 3.8) is 0 Å². The van der Waals surface area contributed by atoms with Gasteiger partial charge in [-0.2, -0.15) is 0 Å². The van der Waals surface area contributed by atoms with Crippen LogP contribution < -0.4 is 5.73 Å². The standard InChI is InChI=1S/C9H17N3O3/c1-2-3-8(13)12-4-5-15-7(6-12)9(10)11-14/h7,14H,2-6H2,1H3,(H2,10,11). The van der Waals surface area contributed by atoms with Gasteiger partial charge in [0.05, 0.1) is 13.2 Å². The first-order valence-electron chi connectivity index (χ1n) is 5.05. The Labute approximate surface area is 88.7 Å². The largest absolute Gasteiger partial charge is 0.409 e. The molecule has 3 N–H and O–H groups in total. The summed E-state index contributed by atoms with van der Waals surface area (Å²) in [6.45, 7) is 3.33. The first-order chi connectivity index (χ1) is 7.19. The normalized spacial score (nSPS) is 22.9. The second-order valence-electron chi connectivity index (χ2n) is 3.47. The lowest BCUT2D eigenvalue weighted by atomic mass is 10.2. The van der Waals surface area contributed by atoms with E-state index < -0.39 is 6.10 Å². The molecule has 1 atom stereocenters. The number of oxime groups is 1. The van der Waals surface area contributed by atoms with E-state index in [-0.39, 0.29) is 11.7 Å². The Morgan fingerprint density at radius 2 is 2.47 bits per heavy atom. The number of nitrogens with two attached hydrogens (primary N) is 1. The molecule has 15 heavy (non-hydrogen) atoms. The van der Waals surface area contributed by atoms with Gasteiger partial charge in [0.1, 0.15) is 6.10 Å². The predicted octanol–water partition coefficient (Wildman–Crippen LogP) is -0.240. The van der Waals surface area contributed by atoms with Gasteiger partial charge in [-0.25, -0.2) is 0 Å². The summed E-state index contributed by atoms with van der Waals surface area (Å²) in [6.07, 6.45) is 0.873.